The van der Waals surface area contributed by atoms with Crippen LogP contribution in [0.3, 0.4) is 0 Å². The van der Waals surface area contributed by atoms with Crippen LogP contribution in [0.25, 0.3) is 0 Å². The molecular formula is C23H52NO8P. The summed E-state index contributed by atoms with van der Waals surface area (Å²) in [5.74, 6) is 0. The summed E-state index contributed by atoms with van der Waals surface area (Å²) < 4.78 is 20.2. The molecule has 10 heteroatoms. The molecule has 0 aliphatic rings. The van der Waals surface area contributed by atoms with Gasteiger partial charge in [0.2, 0.25) is 0 Å². The maximum atomic E-state index is 10.6. The lowest BCUT2D eigenvalue weighted by Crippen LogP contribution is -2.24. The molecule has 0 fully saturated rings. The summed E-state index contributed by atoms with van der Waals surface area (Å²) in [6.45, 7) is 2.89. The smallest absolute Gasteiger partial charge is 0.395 e. The second-order valence-corrected chi connectivity index (χ2v) is 9.64. The molecule has 202 valence electrons. The average Bonchev–Trinajstić information content (AvgIpc) is 2.79. The van der Waals surface area contributed by atoms with Gasteiger partial charge in [0.25, 0.3) is 0 Å². The van der Waals surface area contributed by atoms with Crippen LogP contribution in [0.1, 0.15) is 110 Å². The zero-order valence-corrected chi connectivity index (χ0v) is 21.8. The summed E-state index contributed by atoms with van der Waals surface area (Å²) in [6, 6.07) is 0. The number of phosphoric ester groups is 1. The minimum atomic E-state index is -4.56. The van der Waals surface area contributed by atoms with Crippen LogP contribution in [0.5, 0.6) is 0 Å². The lowest BCUT2D eigenvalue weighted by atomic mass is 10.0. The van der Waals surface area contributed by atoms with Crippen molar-refractivity contribution in [2.45, 2.75) is 116 Å². The minimum absolute atomic E-state index is 0.0369. The van der Waals surface area contributed by atoms with Gasteiger partial charge >= 0.3 is 7.82 Å². The van der Waals surface area contributed by atoms with Gasteiger partial charge in [-0.05, 0) is 6.42 Å². The van der Waals surface area contributed by atoms with E-state index in [9.17, 15) is 4.57 Å². The van der Waals surface area contributed by atoms with E-state index >= 15 is 0 Å². The first-order valence-corrected chi connectivity index (χ1v) is 14.3. The highest BCUT2D eigenvalue weighted by atomic mass is 31.2. The van der Waals surface area contributed by atoms with Crippen LogP contribution >= 0.6 is 7.82 Å². The molecule has 33 heavy (non-hydrogen) atoms. The molecule has 0 spiro atoms. The van der Waals surface area contributed by atoms with E-state index in [1.165, 1.54) is 89.9 Å². The number of nitrogens with two attached hydrogens (primary N) is 1. The highest BCUT2D eigenvalue weighted by Gasteiger charge is 2.19. The van der Waals surface area contributed by atoms with Crippen molar-refractivity contribution in [3.8, 4) is 0 Å². The summed E-state index contributed by atoms with van der Waals surface area (Å²) in [6.07, 6.45) is 20.1. The summed E-state index contributed by atoms with van der Waals surface area (Å²) in [4.78, 5) is 21.3. The third-order valence-electron chi connectivity index (χ3n) is 5.15. The van der Waals surface area contributed by atoms with Gasteiger partial charge in [0.05, 0.1) is 19.8 Å². The van der Waals surface area contributed by atoms with Crippen molar-refractivity contribution >= 4 is 7.82 Å². The quantitative estimate of drug-likeness (QED) is 0.0522. The molecule has 0 aliphatic heterocycles. The fourth-order valence-corrected chi connectivity index (χ4v) is 3.62. The lowest BCUT2D eigenvalue weighted by Gasteiger charge is -2.14. The second kappa shape index (κ2) is 28.1. The Kier molecular flexibility index (Phi) is 29.9. The highest BCUT2D eigenvalue weighted by molar-refractivity contribution is 7.46. The van der Waals surface area contributed by atoms with Gasteiger partial charge in [-0.15, -0.1) is 0 Å². The SMILES string of the molecule is CCCCCCCCCCCCCCCCCCOCC(COP(=O)(O)O)OO.NCCO. The number of rotatable bonds is 24. The van der Waals surface area contributed by atoms with Gasteiger partial charge in [-0.2, -0.15) is 0 Å². The van der Waals surface area contributed by atoms with Crippen LogP contribution in [-0.2, 0) is 18.7 Å². The van der Waals surface area contributed by atoms with Crippen molar-refractivity contribution in [1.82, 2.24) is 0 Å². The van der Waals surface area contributed by atoms with E-state index in [-0.39, 0.29) is 13.2 Å². The van der Waals surface area contributed by atoms with Crippen molar-refractivity contribution < 1.29 is 38.9 Å². The molecule has 0 aromatic heterocycles. The molecular weight excluding hydrogens is 449 g/mol. The molecule has 0 radical (unpaired) electrons. The topological polar surface area (TPSA) is 152 Å². The van der Waals surface area contributed by atoms with Crippen LogP contribution < -0.4 is 5.73 Å². The Labute approximate surface area is 201 Å². The monoisotopic (exact) mass is 501 g/mol. The molecule has 1 unspecified atom stereocenters. The fourth-order valence-electron chi connectivity index (χ4n) is 3.26. The Morgan fingerprint density at radius 2 is 1.15 bits per heavy atom. The molecule has 9 nitrogen and oxygen atoms in total. The van der Waals surface area contributed by atoms with Gasteiger partial charge < -0.3 is 25.4 Å². The molecule has 0 saturated carbocycles. The number of hydrogen-bond donors (Lipinski definition) is 5. The molecule has 1 atom stereocenters. The van der Waals surface area contributed by atoms with Crippen molar-refractivity contribution in [3.05, 3.63) is 0 Å². The lowest BCUT2D eigenvalue weighted by molar-refractivity contribution is -0.292. The molecule has 0 aliphatic carbocycles. The van der Waals surface area contributed by atoms with Gasteiger partial charge in [0, 0.05) is 13.2 Å². The maximum Gasteiger partial charge on any atom is 0.469 e. The number of aliphatic hydroxyl groups excluding tert-OH is 1. The molecule has 0 amide bonds. The first-order valence-electron chi connectivity index (χ1n) is 12.8. The number of ether oxygens (including phenoxy) is 1. The molecule has 0 aromatic carbocycles. The second-order valence-electron chi connectivity index (χ2n) is 8.40. The van der Waals surface area contributed by atoms with Crippen molar-refractivity contribution in [3.63, 3.8) is 0 Å². The van der Waals surface area contributed by atoms with E-state index < -0.39 is 20.5 Å². The third kappa shape index (κ3) is 34.2. The predicted octanol–water partition coefficient (Wildman–Crippen LogP) is 5.17. The fraction of sp³-hybridized carbons (Fsp3) is 1.00. The average molecular weight is 502 g/mol. The van der Waals surface area contributed by atoms with Gasteiger partial charge in [0.1, 0.15) is 6.10 Å². The number of unbranched alkanes of at least 4 members (excludes halogenated alkanes) is 15. The highest BCUT2D eigenvalue weighted by Crippen LogP contribution is 2.35. The Balaban J connectivity index is 0. The minimum Gasteiger partial charge on any atom is -0.395 e. The number of aliphatic hydroxyl groups is 1. The van der Waals surface area contributed by atoms with E-state index in [0.29, 0.717) is 13.2 Å². The standard InChI is InChI=1S/C21H45O7P.C2H7NO/c1-2-3-4-5-6-7-8-9-10-11-12-13-14-15-16-17-18-26-19-21(28-22)20-27-29(23,24)25;3-1-2-4/h21-22H,2-20H2,1H3,(H2,23,24,25);4H,1-3H2. The zero-order valence-electron chi connectivity index (χ0n) is 20.9. The maximum absolute atomic E-state index is 10.6. The van der Waals surface area contributed by atoms with Crippen LogP contribution in [0.4, 0.5) is 0 Å². The molecule has 0 saturated heterocycles. The summed E-state index contributed by atoms with van der Waals surface area (Å²) in [5, 5.41) is 16.4. The van der Waals surface area contributed by atoms with Gasteiger partial charge in [-0.3, -0.25) is 9.78 Å². The van der Waals surface area contributed by atoms with Gasteiger partial charge in [-0.1, -0.05) is 103 Å². The largest absolute Gasteiger partial charge is 0.469 e. The summed E-state index contributed by atoms with van der Waals surface area (Å²) in [7, 11) is -4.56. The van der Waals surface area contributed by atoms with Gasteiger partial charge in [0.15, 0.2) is 0 Å². The molecule has 0 aromatic rings. The van der Waals surface area contributed by atoms with Crippen LogP contribution in [-0.4, -0.2) is 59.2 Å². The van der Waals surface area contributed by atoms with Crippen molar-refractivity contribution in [1.29, 1.82) is 0 Å². The summed E-state index contributed by atoms with van der Waals surface area (Å²) >= 11 is 0. The normalized spacial score (nSPS) is 12.4. The Bertz CT molecular complexity index is 410. The molecule has 0 bridgehead atoms. The van der Waals surface area contributed by atoms with Crippen molar-refractivity contribution in [2.75, 3.05) is 33.0 Å². The van der Waals surface area contributed by atoms with Crippen LogP contribution in [0.15, 0.2) is 0 Å². The molecule has 0 rings (SSSR count). The number of phosphoric acid groups is 1. The Morgan fingerprint density at radius 1 is 0.758 bits per heavy atom. The Hall–Kier alpha value is -0.0900. The first-order chi connectivity index (χ1) is 15.9. The zero-order chi connectivity index (χ0) is 25.0. The Morgan fingerprint density at radius 3 is 1.48 bits per heavy atom. The van der Waals surface area contributed by atoms with E-state index in [1.54, 1.807) is 0 Å². The number of hydrogen-bond acceptors (Lipinski definition) is 7. The predicted molar refractivity (Wildman–Crippen MR) is 132 cm³/mol. The van der Waals surface area contributed by atoms with E-state index in [1.807, 2.05) is 0 Å². The van der Waals surface area contributed by atoms with E-state index in [0.717, 1.165) is 12.8 Å². The van der Waals surface area contributed by atoms with E-state index in [2.05, 4.69) is 16.3 Å². The van der Waals surface area contributed by atoms with Crippen LogP contribution in [0, 0.1) is 0 Å². The van der Waals surface area contributed by atoms with Crippen LogP contribution in [0.2, 0.25) is 0 Å². The third-order valence-corrected chi connectivity index (χ3v) is 5.64. The van der Waals surface area contributed by atoms with Gasteiger partial charge in [-0.25, -0.2) is 9.45 Å². The first kappa shape index (κ1) is 35.1. The summed E-state index contributed by atoms with van der Waals surface area (Å²) in [5.41, 5.74) is 4.78. The molecule has 6 N–H and O–H groups in total. The molecule has 0 heterocycles. The van der Waals surface area contributed by atoms with Crippen molar-refractivity contribution in [2.24, 2.45) is 5.73 Å². The van der Waals surface area contributed by atoms with E-state index in [4.69, 9.17) is 30.6 Å².